The quantitative estimate of drug-likeness (QED) is 0.153. The summed E-state index contributed by atoms with van der Waals surface area (Å²) in [6, 6.07) is 15.4. The molecule has 2 aliphatic rings. The summed E-state index contributed by atoms with van der Waals surface area (Å²) in [6.45, 7) is 3.89. The Hall–Kier alpha value is -5.18. The van der Waals surface area contributed by atoms with E-state index in [4.69, 9.17) is 9.40 Å². The second kappa shape index (κ2) is 12.8. The smallest absolute Gasteiger partial charge is 0.420 e. The molecule has 6 rings (SSSR count). The fourth-order valence-electron chi connectivity index (χ4n) is 5.64. The Morgan fingerprint density at radius 2 is 1.94 bits per heavy atom. The molecular weight excluding hydrogens is 623 g/mol. The molecular formula is C34H34F3N9O2. The minimum atomic E-state index is -4.72. The number of benzene rings is 2. The van der Waals surface area contributed by atoms with Crippen molar-refractivity contribution in [3.63, 3.8) is 0 Å². The van der Waals surface area contributed by atoms with Crippen molar-refractivity contribution < 1.29 is 22.7 Å². The lowest BCUT2D eigenvalue weighted by Gasteiger charge is -2.23. The maximum Gasteiger partial charge on any atom is 0.420 e. The molecule has 48 heavy (non-hydrogen) atoms. The van der Waals surface area contributed by atoms with Crippen molar-refractivity contribution in [2.24, 2.45) is 10.5 Å². The normalized spacial score (nSPS) is 17.9. The van der Waals surface area contributed by atoms with Crippen LogP contribution in [0.4, 0.5) is 19.0 Å². The number of nitrogens with one attached hydrogen (secondary N) is 3. The minimum Gasteiger partial charge on any atom is -0.434 e. The number of fused-ring (bicyclic) bond motifs is 1. The largest absolute Gasteiger partial charge is 0.434 e. The van der Waals surface area contributed by atoms with Gasteiger partial charge in [-0.05, 0) is 79.8 Å². The monoisotopic (exact) mass is 657 g/mol. The van der Waals surface area contributed by atoms with Gasteiger partial charge in [0.2, 0.25) is 5.89 Å². The summed E-state index contributed by atoms with van der Waals surface area (Å²) in [4.78, 5) is 11.1. The molecule has 2 aromatic carbocycles. The van der Waals surface area contributed by atoms with Crippen molar-refractivity contribution in [1.29, 1.82) is 10.5 Å². The zero-order chi connectivity index (χ0) is 34.2. The summed E-state index contributed by atoms with van der Waals surface area (Å²) in [7, 11) is 1.86. The van der Waals surface area contributed by atoms with Crippen molar-refractivity contribution in [3.8, 4) is 34.8 Å². The molecule has 2 aromatic heterocycles. The standard InChI is InChI=1S/C34H34F3N9O2/c1-19(20(2)47)40-16-22-11-26(34(35,36)37)30-27(12-22)44-32(48-30)28-13-23(14-29(43-28)41-17-33(6-7-33)8-9-38)25-10-21(15-39)4-5-24(25)31-45-42-18-46(31)3/h4-5,10-14,18-20,31,40,45,47H,6-8,16-17H2,1-3H3,(H,41,43). The van der Waals surface area contributed by atoms with Gasteiger partial charge in [0.15, 0.2) is 5.58 Å². The number of hydrogen-bond acceptors (Lipinski definition) is 11. The van der Waals surface area contributed by atoms with E-state index in [1.54, 1.807) is 44.5 Å². The van der Waals surface area contributed by atoms with E-state index >= 15 is 0 Å². The van der Waals surface area contributed by atoms with Gasteiger partial charge in [0, 0.05) is 43.6 Å². The maximum atomic E-state index is 14.3. The van der Waals surface area contributed by atoms with Gasteiger partial charge in [0.05, 0.1) is 23.8 Å². The third kappa shape index (κ3) is 6.76. The fraction of sp³-hybridized carbons (Fsp3) is 0.382. The Balaban J connectivity index is 1.47. The van der Waals surface area contributed by atoms with Gasteiger partial charge in [-0.3, -0.25) is 5.43 Å². The molecule has 3 heterocycles. The Labute approximate surface area is 275 Å². The van der Waals surface area contributed by atoms with E-state index in [-0.39, 0.29) is 41.3 Å². The molecule has 3 unspecified atom stereocenters. The highest BCUT2D eigenvalue weighted by Gasteiger charge is 2.42. The molecule has 1 saturated carbocycles. The van der Waals surface area contributed by atoms with Gasteiger partial charge >= 0.3 is 6.18 Å². The molecule has 0 bridgehead atoms. The maximum absolute atomic E-state index is 14.3. The first-order valence-electron chi connectivity index (χ1n) is 15.5. The van der Waals surface area contributed by atoms with Crippen molar-refractivity contribution in [2.75, 3.05) is 18.9 Å². The molecule has 0 amide bonds. The van der Waals surface area contributed by atoms with E-state index in [0.717, 1.165) is 24.5 Å². The first-order valence-corrected chi connectivity index (χ1v) is 15.5. The predicted octanol–water partition coefficient (Wildman–Crippen LogP) is 5.89. The van der Waals surface area contributed by atoms with Gasteiger partial charge in [0.1, 0.15) is 35.1 Å². The van der Waals surface area contributed by atoms with Gasteiger partial charge < -0.3 is 25.1 Å². The lowest BCUT2D eigenvalue weighted by Crippen LogP contribution is -2.34. The number of hydrazone groups is 1. The second-order valence-electron chi connectivity index (χ2n) is 12.6. The van der Waals surface area contributed by atoms with Crippen LogP contribution in [0.5, 0.6) is 0 Å². The van der Waals surface area contributed by atoms with E-state index in [1.165, 1.54) is 6.07 Å². The van der Waals surface area contributed by atoms with Crippen LogP contribution in [0.2, 0.25) is 0 Å². The number of aliphatic hydroxyl groups excluding tert-OH is 1. The van der Waals surface area contributed by atoms with Gasteiger partial charge in [-0.25, -0.2) is 9.97 Å². The number of nitriles is 2. The van der Waals surface area contributed by atoms with Crippen molar-refractivity contribution in [1.82, 2.24) is 25.6 Å². The van der Waals surface area contributed by atoms with Gasteiger partial charge in [-0.15, -0.1) is 0 Å². The van der Waals surface area contributed by atoms with Crippen molar-refractivity contribution >= 4 is 23.3 Å². The summed E-state index contributed by atoms with van der Waals surface area (Å²) in [6.07, 6.45) is -1.94. The first kappa shape index (κ1) is 32.7. The molecule has 248 valence electrons. The van der Waals surface area contributed by atoms with Crippen molar-refractivity contribution in [2.45, 2.75) is 64.1 Å². The lowest BCUT2D eigenvalue weighted by molar-refractivity contribution is -0.136. The second-order valence-corrected chi connectivity index (χ2v) is 12.6. The number of aliphatic hydroxyl groups is 1. The highest BCUT2D eigenvalue weighted by Crippen LogP contribution is 2.48. The molecule has 0 spiro atoms. The van der Waals surface area contributed by atoms with Crippen LogP contribution in [-0.4, -0.2) is 52.1 Å². The van der Waals surface area contributed by atoms with Crippen LogP contribution >= 0.6 is 0 Å². The molecule has 1 fully saturated rings. The Morgan fingerprint density at radius 3 is 2.58 bits per heavy atom. The molecule has 1 aliphatic heterocycles. The van der Waals surface area contributed by atoms with E-state index in [2.05, 4.69) is 38.3 Å². The highest BCUT2D eigenvalue weighted by molar-refractivity contribution is 5.82. The van der Waals surface area contributed by atoms with E-state index in [9.17, 15) is 28.8 Å². The molecule has 11 nitrogen and oxygen atoms in total. The zero-order valence-electron chi connectivity index (χ0n) is 26.6. The van der Waals surface area contributed by atoms with Crippen LogP contribution in [-0.2, 0) is 12.7 Å². The Bertz CT molecular complexity index is 1950. The summed E-state index contributed by atoms with van der Waals surface area (Å²) in [5, 5.41) is 39.4. The average molecular weight is 658 g/mol. The fourth-order valence-corrected chi connectivity index (χ4v) is 5.64. The Morgan fingerprint density at radius 1 is 1.15 bits per heavy atom. The number of alkyl halides is 3. The summed E-state index contributed by atoms with van der Waals surface area (Å²) in [5.41, 5.74) is 4.55. The van der Waals surface area contributed by atoms with Crippen LogP contribution in [0.1, 0.15) is 61.5 Å². The SMILES string of the molecule is CC(O)C(C)NCc1cc(C(F)(F)F)c2oc(-c3cc(-c4cc(C#N)ccc4C4NN=CN4C)cc(NCC4(CC#N)CC4)n3)nc2c1. The molecule has 14 heteroatoms. The summed E-state index contributed by atoms with van der Waals surface area (Å²) >= 11 is 0. The third-order valence-electron chi connectivity index (χ3n) is 8.94. The first-order chi connectivity index (χ1) is 22.9. The van der Waals surface area contributed by atoms with E-state index in [1.807, 2.05) is 18.0 Å². The third-order valence-corrected chi connectivity index (χ3v) is 8.94. The van der Waals surface area contributed by atoms with Crippen LogP contribution < -0.4 is 16.1 Å². The molecule has 3 atom stereocenters. The number of halogens is 3. The Kier molecular flexibility index (Phi) is 8.72. The number of oxazole rings is 1. The van der Waals surface area contributed by atoms with Crippen LogP contribution in [0, 0.1) is 28.1 Å². The number of anilines is 1. The van der Waals surface area contributed by atoms with Crippen LogP contribution in [0.15, 0.2) is 52.0 Å². The summed E-state index contributed by atoms with van der Waals surface area (Å²) < 4.78 is 48.8. The van der Waals surface area contributed by atoms with Gasteiger partial charge in [-0.2, -0.15) is 28.8 Å². The molecule has 4 N–H and O–H groups in total. The lowest BCUT2D eigenvalue weighted by atomic mass is 9.95. The van der Waals surface area contributed by atoms with Gasteiger partial charge in [-0.1, -0.05) is 6.07 Å². The van der Waals surface area contributed by atoms with E-state index < -0.39 is 23.4 Å². The van der Waals surface area contributed by atoms with E-state index in [0.29, 0.717) is 41.0 Å². The van der Waals surface area contributed by atoms with Crippen LogP contribution in [0.3, 0.4) is 0 Å². The van der Waals surface area contributed by atoms with Crippen molar-refractivity contribution in [3.05, 3.63) is 64.7 Å². The number of pyridine rings is 1. The van der Waals surface area contributed by atoms with Gasteiger partial charge in [0.25, 0.3) is 0 Å². The molecule has 1 aliphatic carbocycles. The zero-order valence-corrected chi connectivity index (χ0v) is 26.6. The summed E-state index contributed by atoms with van der Waals surface area (Å²) in [5.74, 6) is 0.303. The van der Waals surface area contributed by atoms with Crippen LogP contribution in [0.25, 0.3) is 33.8 Å². The number of rotatable bonds is 11. The predicted molar refractivity (Wildman–Crippen MR) is 173 cm³/mol. The average Bonchev–Trinajstić information content (AvgIpc) is 3.47. The highest BCUT2D eigenvalue weighted by atomic mass is 19.4. The minimum absolute atomic E-state index is 0.00934. The molecule has 0 saturated heterocycles. The topological polar surface area (TPSA) is 158 Å². The number of hydrogen-bond donors (Lipinski definition) is 4. The number of nitrogens with zero attached hydrogens (tertiary/aromatic N) is 6. The molecule has 4 aromatic rings. The number of aromatic nitrogens is 2. The molecule has 0 radical (unpaired) electrons.